The van der Waals surface area contributed by atoms with Crippen LogP contribution in [-0.2, 0) is 32.0 Å². The Morgan fingerprint density at radius 2 is 1.00 bits per heavy atom. The predicted molar refractivity (Wildman–Crippen MR) is 161 cm³/mol. The third-order valence-electron chi connectivity index (χ3n) is 6.33. The Morgan fingerprint density at radius 1 is 0.650 bits per heavy atom. The summed E-state index contributed by atoms with van der Waals surface area (Å²) < 4.78 is 0. The zero-order valence-electron chi connectivity index (χ0n) is 21.9. The highest BCUT2D eigenvalue weighted by Gasteiger charge is 2.32. The normalized spacial score (nSPS) is 16.9. The molecule has 0 aliphatic carbocycles. The molecule has 0 radical (unpaired) electrons. The van der Waals surface area contributed by atoms with Gasteiger partial charge in [-0.15, -0.1) is 0 Å². The Balaban J connectivity index is 1.60. The number of amides is 4. The lowest BCUT2D eigenvalue weighted by atomic mass is 9.96. The van der Waals surface area contributed by atoms with Crippen molar-refractivity contribution in [1.29, 1.82) is 0 Å². The Morgan fingerprint density at radius 3 is 1.32 bits per heavy atom. The average molecular weight is 577 g/mol. The van der Waals surface area contributed by atoms with Gasteiger partial charge in [0, 0.05) is 12.4 Å². The zero-order chi connectivity index (χ0) is 28.8. The van der Waals surface area contributed by atoms with E-state index in [1.807, 2.05) is 24.3 Å². The highest BCUT2D eigenvalue weighted by molar-refractivity contribution is 7.80. The smallest absolute Gasteiger partial charge is 0.244 e. The molecule has 40 heavy (non-hydrogen) atoms. The topological polar surface area (TPSA) is 141 Å². The number of thiocarbonyl (C=S) groups is 2. The van der Waals surface area contributed by atoms with Crippen LogP contribution in [0.4, 0.5) is 11.4 Å². The van der Waals surface area contributed by atoms with E-state index in [-0.39, 0.29) is 10.2 Å². The van der Waals surface area contributed by atoms with E-state index in [0.29, 0.717) is 11.4 Å². The van der Waals surface area contributed by atoms with Crippen molar-refractivity contribution in [1.82, 2.24) is 21.3 Å². The number of carbonyl (C=O) groups is 4. The Labute approximate surface area is 242 Å². The SMILES string of the molecule is CCCc1cc(-c2ccc(N=CC3C(=O)NC(=S)NC3=O)c(CCC)c2)ccc1N=CC1C(=O)NC(=S)NC1=O. The first-order valence-corrected chi connectivity index (χ1v) is 13.7. The number of rotatable bonds is 9. The molecule has 4 N–H and O–H groups in total. The van der Waals surface area contributed by atoms with E-state index < -0.39 is 35.5 Å². The van der Waals surface area contributed by atoms with E-state index in [4.69, 9.17) is 24.4 Å². The van der Waals surface area contributed by atoms with Gasteiger partial charge in [-0.1, -0.05) is 38.8 Å². The van der Waals surface area contributed by atoms with Gasteiger partial charge in [-0.2, -0.15) is 0 Å². The molecular weight excluding hydrogens is 548 g/mol. The first-order valence-electron chi connectivity index (χ1n) is 12.9. The van der Waals surface area contributed by atoms with Crippen molar-refractivity contribution in [3.05, 3.63) is 47.5 Å². The second-order valence-electron chi connectivity index (χ2n) is 9.31. The number of hydrogen-bond acceptors (Lipinski definition) is 8. The maximum Gasteiger partial charge on any atom is 0.244 e. The monoisotopic (exact) mass is 576 g/mol. The van der Waals surface area contributed by atoms with Crippen molar-refractivity contribution < 1.29 is 19.2 Å². The fraction of sp³-hybridized carbons (Fsp3) is 0.286. The van der Waals surface area contributed by atoms with Crippen molar-refractivity contribution in [2.24, 2.45) is 21.8 Å². The quantitative estimate of drug-likeness (QED) is 0.206. The maximum absolute atomic E-state index is 12.2. The molecule has 206 valence electrons. The van der Waals surface area contributed by atoms with Gasteiger partial charge >= 0.3 is 0 Å². The van der Waals surface area contributed by atoms with Crippen LogP contribution in [0.2, 0.25) is 0 Å². The summed E-state index contributed by atoms with van der Waals surface area (Å²) in [6.07, 6.45) is 5.96. The molecule has 0 unspecified atom stereocenters. The standard InChI is InChI=1S/C28H28N6O4S2/c1-3-5-17-11-15(7-9-21(17)29-13-19-23(35)31-27(39)32-24(19)36)16-8-10-22(18(12-16)6-4-2)30-14-20-25(37)33-28(40)34-26(20)38/h7-14,19-20H,3-6H2,1-2H3,(H2,31,32,35,36,39)(H2,33,34,37,38,40). The minimum atomic E-state index is -1.06. The lowest BCUT2D eigenvalue weighted by Gasteiger charge is -2.19. The van der Waals surface area contributed by atoms with Crippen LogP contribution in [0.3, 0.4) is 0 Å². The van der Waals surface area contributed by atoms with Crippen LogP contribution in [-0.4, -0.2) is 46.3 Å². The van der Waals surface area contributed by atoms with Gasteiger partial charge in [0.2, 0.25) is 23.6 Å². The van der Waals surface area contributed by atoms with E-state index in [9.17, 15) is 19.2 Å². The molecule has 2 aromatic carbocycles. The third kappa shape index (κ3) is 6.69. The highest BCUT2D eigenvalue weighted by atomic mass is 32.1. The number of carbonyl (C=O) groups excluding carboxylic acids is 4. The van der Waals surface area contributed by atoms with Crippen LogP contribution in [0.15, 0.2) is 46.4 Å². The van der Waals surface area contributed by atoms with Crippen molar-refractivity contribution in [2.75, 3.05) is 0 Å². The number of hydrogen-bond donors (Lipinski definition) is 4. The Hall–Kier alpha value is -4.16. The largest absolute Gasteiger partial charge is 0.302 e. The van der Waals surface area contributed by atoms with E-state index in [2.05, 4.69) is 57.2 Å². The summed E-state index contributed by atoms with van der Waals surface area (Å²) in [6.45, 7) is 4.13. The van der Waals surface area contributed by atoms with Gasteiger partial charge in [-0.3, -0.25) is 29.2 Å². The Kier molecular flexibility index (Phi) is 9.22. The second-order valence-corrected chi connectivity index (χ2v) is 10.1. The molecule has 4 amide bonds. The van der Waals surface area contributed by atoms with Crippen molar-refractivity contribution in [3.63, 3.8) is 0 Å². The van der Waals surface area contributed by atoms with Crippen LogP contribution < -0.4 is 21.3 Å². The van der Waals surface area contributed by atoms with E-state index in [1.54, 1.807) is 0 Å². The lowest BCUT2D eigenvalue weighted by molar-refractivity contribution is -0.133. The second kappa shape index (κ2) is 12.8. The molecule has 2 heterocycles. The van der Waals surface area contributed by atoms with Crippen LogP contribution in [0, 0.1) is 11.8 Å². The molecule has 0 saturated carbocycles. The fourth-order valence-corrected chi connectivity index (χ4v) is 4.76. The molecule has 2 aliphatic heterocycles. The summed E-state index contributed by atoms with van der Waals surface area (Å²) in [7, 11) is 0. The first kappa shape index (κ1) is 28.8. The minimum absolute atomic E-state index is 0.00976. The summed E-state index contributed by atoms with van der Waals surface area (Å²) in [5, 5.41) is 9.72. The first-order chi connectivity index (χ1) is 19.2. The third-order valence-corrected chi connectivity index (χ3v) is 6.74. The molecule has 2 aliphatic rings. The molecule has 0 bridgehead atoms. The van der Waals surface area contributed by atoms with Crippen LogP contribution in [0.5, 0.6) is 0 Å². The van der Waals surface area contributed by atoms with Gasteiger partial charge in [0.25, 0.3) is 0 Å². The minimum Gasteiger partial charge on any atom is -0.302 e. The van der Waals surface area contributed by atoms with Gasteiger partial charge < -0.3 is 21.3 Å². The van der Waals surface area contributed by atoms with E-state index in [0.717, 1.165) is 47.9 Å². The molecule has 0 spiro atoms. The molecule has 2 saturated heterocycles. The van der Waals surface area contributed by atoms with Crippen LogP contribution in [0.25, 0.3) is 11.1 Å². The van der Waals surface area contributed by atoms with E-state index >= 15 is 0 Å². The maximum atomic E-state index is 12.2. The zero-order valence-corrected chi connectivity index (χ0v) is 23.6. The molecule has 0 aromatic heterocycles. The van der Waals surface area contributed by atoms with Crippen molar-refractivity contribution in [3.8, 4) is 11.1 Å². The summed E-state index contributed by atoms with van der Waals surface area (Å²) in [4.78, 5) is 57.6. The summed E-state index contributed by atoms with van der Waals surface area (Å²) in [5.41, 5.74) is 5.28. The number of aliphatic imine (C=N–C) groups is 2. The van der Waals surface area contributed by atoms with Gasteiger partial charge in [0.15, 0.2) is 22.1 Å². The number of nitrogens with zero attached hydrogens (tertiary/aromatic N) is 2. The molecule has 12 heteroatoms. The van der Waals surface area contributed by atoms with E-state index in [1.165, 1.54) is 12.4 Å². The summed E-state index contributed by atoms with van der Waals surface area (Å²) in [5.74, 6) is -4.16. The molecule has 2 aromatic rings. The number of benzene rings is 2. The summed E-state index contributed by atoms with van der Waals surface area (Å²) >= 11 is 9.69. The van der Waals surface area contributed by atoms with Gasteiger partial charge in [0.05, 0.1) is 11.4 Å². The number of nitrogens with one attached hydrogen (secondary N) is 4. The van der Waals surface area contributed by atoms with Crippen LogP contribution >= 0.6 is 24.4 Å². The lowest BCUT2D eigenvalue weighted by Crippen LogP contribution is -2.56. The Bertz CT molecular complexity index is 1320. The molecule has 2 fully saturated rings. The fourth-order valence-electron chi connectivity index (χ4n) is 4.36. The predicted octanol–water partition coefficient (Wildman–Crippen LogP) is 2.96. The van der Waals surface area contributed by atoms with Crippen molar-refractivity contribution in [2.45, 2.75) is 39.5 Å². The van der Waals surface area contributed by atoms with Gasteiger partial charge in [0.1, 0.15) is 0 Å². The number of aryl methyl sites for hydroxylation is 2. The van der Waals surface area contributed by atoms with Gasteiger partial charge in [-0.25, -0.2) is 0 Å². The molecule has 10 nitrogen and oxygen atoms in total. The van der Waals surface area contributed by atoms with Crippen molar-refractivity contribution >= 4 is 82.1 Å². The average Bonchev–Trinajstić information content (AvgIpc) is 2.89. The van der Waals surface area contributed by atoms with Gasteiger partial charge in [-0.05, 0) is 83.8 Å². The van der Waals surface area contributed by atoms with Crippen LogP contribution in [0.1, 0.15) is 37.8 Å². The molecular formula is C28H28N6O4S2. The highest BCUT2D eigenvalue weighted by Crippen LogP contribution is 2.32. The summed E-state index contributed by atoms with van der Waals surface area (Å²) in [6, 6.07) is 11.7. The molecule has 0 atom stereocenters. The molecule has 4 rings (SSSR count).